The Morgan fingerprint density at radius 3 is 2.57 bits per heavy atom. The minimum atomic E-state index is -3.46. The van der Waals surface area contributed by atoms with Gasteiger partial charge in [-0.15, -0.1) is 0 Å². The van der Waals surface area contributed by atoms with Gasteiger partial charge < -0.3 is 5.11 Å². The minimum Gasteiger partial charge on any atom is -0.481 e. The first-order valence-electron chi connectivity index (χ1n) is 4.02. The number of sulfonamides is 1. The molecule has 0 bridgehead atoms. The zero-order valence-corrected chi connectivity index (χ0v) is 8.20. The molecule has 0 saturated carbocycles. The highest BCUT2D eigenvalue weighted by atomic mass is 32.2. The Morgan fingerprint density at radius 2 is 2.14 bits per heavy atom. The van der Waals surface area contributed by atoms with Gasteiger partial charge in [0.25, 0.3) is 0 Å². The zero-order chi connectivity index (χ0) is 10.8. The van der Waals surface area contributed by atoms with Gasteiger partial charge in [0, 0.05) is 13.1 Å². The van der Waals surface area contributed by atoms with Crippen molar-refractivity contribution in [1.82, 2.24) is 4.31 Å². The molecule has 1 N–H and O–H groups in total. The summed E-state index contributed by atoms with van der Waals surface area (Å²) in [6.07, 6.45) is -0.0153. The number of hydrogen-bond acceptors (Lipinski definition) is 4. The third-order valence-electron chi connectivity index (χ3n) is 2.03. The van der Waals surface area contributed by atoms with Crippen LogP contribution in [0.2, 0.25) is 0 Å². The van der Waals surface area contributed by atoms with Crippen LogP contribution in [0.3, 0.4) is 0 Å². The summed E-state index contributed by atoms with van der Waals surface area (Å²) in [5, 5.41) is 16.7. The summed E-state index contributed by atoms with van der Waals surface area (Å²) in [5.41, 5.74) is 0. The van der Waals surface area contributed by atoms with Crippen LogP contribution in [0.15, 0.2) is 0 Å². The van der Waals surface area contributed by atoms with Crippen LogP contribution in [0, 0.1) is 17.2 Å². The van der Waals surface area contributed by atoms with Crippen LogP contribution in [-0.2, 0) is 14.8 Å². The van der Waals surface area contributed by atoms with E-state index in [9.17, 15) is 13.2 Å². The van der Waals surface area contributed by atoms with Crippen LogP contribution in [-0.4, -0.2) is 42.6 Å². The number of carboxylic acid groups (broad SMARTS) is 1. The molecule has 7 heteroatoms. The Bertz CT molecular complexity index is 364. The molecule has 0 amide bonds. The van der Waals surface area contributed by atoms with Crippen LogP contribution < -0.4 is 0 Å². The number of nitriles is 1. The molecule has 0 aromatic heterocycles. The second-order valence-corrected chi connectivity index (χ2v) is 5.16. The lowest BCUT2D eigenvalue weighted by Gasteiger charge is -2.36. The summed E-state index contributed by atoms with van der Waals surface area (Å²) < 4.78 is 23.5. The number of aliphatic carboxylic acids is 1. The van der Waals surface area contributed by atoms with E-state index in [0.29, 0.717) is 0 Å². The predicted octanol–water partition coefficient (Wildman–Crippen LogP) is -0.754. The third-order valence-corrected chi connectivity index (χ3v) is 3.61. The number of rotatable bonds is 4. The van der Waals surface area contributed by atoms with E-state index < -0.39 is 21.7 Å². The minimum absolute atomic E-state index is 0.0153. The van der Waals surface area contributed by atoms with Gasteiger partial charge >= 0.3 is 5.97 Å². The van der Waals surface area contributed by atoms with Gasteiger partial charge in [0.05, 0.1) is 12.5 Å². The average Bonchev–Trinajstić information content (AvgIpc) is 1.94. The second kappa shape index (κ2) is 3.94. The van der Waals surface area contributed by atoms with E-state index in [1.165, 1.54) is 0 Å². The van der Waals surface area contributed by atoms with E-state index in [0.717, 1.165) is 4.31 Å². The normalized spacial score (nSPS) is 18.5. The fourth-order valence-corrected chi connectivity index (χ4v) is 2.52. The summed E-state index contributed by atoms with van der Waals surface area (Å²) >= 11 is 0. The zero-order valence-electron chi connectivity index (χ0n) is 7.38. The first-order chi connectivity index (χ1) is 6.45. The molecule has 1 aliphatic heterocycles. The molecular weight excluding hydrogens is 208 g/mol. The molecular formula is C7H10N2O4S. The molecule has 6 nitrogen and oxygen atoms in total. The standard InChI is InChI=1S/C7H10N2O4S/c8-1-2-14(12,13)9-4-6(5-9)3-7(10)11/h6H,2-5H2,(H,10,11). The van der Waals surface area contributed by atoms with E-state index in [1.807, 2.05) is 0 Å². The van der Waals surface area contributed by atoms with Gasteiger partial charge in [0.2, 0.25) is 10.0 Å². The van der Waals surface area contributed by atoms with Crippen molar-refractivity contribution in [1.29, 1.82) is 5.26 Å². The van der Waals surface area contributed by atoms with Crippen LogP contribution in [0.4, 0.5) is 0 Å². The molecule has 0 aromatic rings. The van der Waals surface area contributed by atoms with Gasteiger partial charge in [0.15, 0.2) is 5.75 Å². The fraction of sp³-hybridized carbons (Fsp3) is 0.714. The maximum absolute atomic E-state index is 11.2. The molecule has 1 heterocycles. The lowest BCUT2D eigenvalue weighted by atomic mass is 10.00. The van der Waals surface area contributed by atoms with Crippen LogP contribution in [0.5, 0.6) is 0 Å². The Hall–Kier alpha value is -1.13. The van der Waals surface area contributed by atoms with Crippen molar-refractivity contribution in [2.24, 2.45) is 5.92 Å². The molecule has 0 radical (unpaired) electrons. The maximum Gasteiger partial charge on any atom is 0.303 e. The summed E-state index contributed by atoms with van der Waals surface area (Å²) in [5.74, 6) is -1.57. The molecule has 0 aliphatic carbocycles. The van der Waals surface area contributed by atoms with Gasteiger partial charge in [-0.05, 0) is 5.92 Å². The lowest BCUT2D eigenvalue weighted by molar-refractivity contribution is -0.139. The number of hydrogen-bond donors (Lipinski definition) is 1. The SMILES string of the molecule is N#CCS(=O)(=O)N1CC(CC(=O)O)C1. The van der Waals surface area contributed by atoms with Crippen molar-refractivity contribution >= 4 is 16.0 Å². The highest BCUT2D eigenvalue weighted by Crippen LogP contribution is 2.22. The molecule has 0 aromatic carbocycles. The van der Waals surface area contributed by atoms with Gasteiger partial charge in [0.1, 0.15) is 0 Å². The fourth-order valence-electron chi connectivity index (χ4n) is 1.30. The van der Waals surface area contributed by atoms with Crippen LogP contribution >= 0.6 is 0 Å². The summed E-state index contributed by atoms with van der Waals surface area (Å²) in [7, 11) is -3.46. The third kappa shape index (κ3) is 2.43. The summed E-state index contributed by atoms with van der Waals surface area (Å²) in [6, 6.07) is 1.57. The molecule has 1 rings (SSSR count). The number of carbonyl (C=O) groups is 1. The molecule has 1 aliphatic rings. The Morgan fingerprint density at radius 1 is 1.57 bits per heavy atom. The molecule has 0 unspecified atom stereocenters. The van der Waals surface area contributed by atoms with E-state index in [4.69, 9.17) is 10.4 Å². The lowest BCUT2D eigenvalue weighted by Crippen LogP contribution is -2.51. The smallest absolute Gasteiger partial charge is 0.303 e. The van der Waals surface area contributed by atoms with Gasteiger partial charge in [-0.3, -0.25) is 4.79 Å². The summed E-state index contributed by atoms with van der Waals surface area (Å²) in [4.78, 5) is 10.3. The summed E-state index contributed by atoms with van der Waals surface area (Å²) in [6.45, 7) is 0.437. The van der Waals surface area contributed by atoms with E-state index in [1.54, 1.807) is 6.07 Å². The number of carboxylic acids is 1. The molecule has 1 fully saturated rings. The Labute approximate surface area is 81.8 Å². The van der Waals surface area contributed by atoms with Crippen molar-refractivity contribution in [2.75, 3.05) is 18.8 Å². The Balaban J connectivity index is 2.42. The van der Waals surface area contributed by atoms with E-state index in [-0.39, 0.29) is 25.4 Å². The molecule has 78 valence electrons. The highest BCUT2D eigenvalue weighted by molar-refractivity contribution is 7.89. The highest BCUT2D eigenvalue weighted by Gasteiger charge is 2.36. The van der Waals surface area contributed by atoms with Crippen molar-refractivity contribution in [3.05, 3.63) is 0 Å². The van der Waals surface area contributed by atoms with Gasteiger partial charge in [-0.25, -0.2) is 12.7 Å². The van der Waals surface area contributed by atoms with Crippen molar-refractivity contribution < 1.29 is 18.3 Å². The van der Waals surface area contributed by atoms with E-state index >= 15 is 0 Å². The maximum atomic E-state index is 11.2. The monoisotopic (exact) mass is 218 g/mol. The number of nitrogens with zero attached hydrogens (tertiary/aromatic N) is 2. The van der Waals surface area contributed by atoms with Crippen LogP contribution in [0.25, 0.3) is 0 Å². The Kier molecular flexibility index (Phi) is 3.08. The van der Waals surface area contributed by atoms with Gasteiger partial charge in [-0.1, -0.05) is 0 Å². The second-order valence-electron chi connectivity index (χ2n) is 3.20. The van der Waals surface area contributed by atoms with Crippen molar-refractivity contribution in [3.63, 3.8) is 0 Å². The van der Waals surface area contributed by atoms with Crippen molar-refractivity contribution in [2.45, 2.75) is 6.42 Å². The first kappa shape index (κ1) is 10.9. The quantitative estimate of drug-likeness (QED) is 0.669. The average molecular weight is 218 g/mol. The molecule has 0 spiro atoms. The van der Waals surface area contributed by atoms with Gasteiger partial charge in [-0.2, -0.15) is 5.26 Å². The predicted molar refractivity (Wildman–Crippen MR) is 46.7 cm³/mol. The first-order valence-corrected chi connectivity index (χ1v) is 5.63. The molecule has 0 atom stereocenters. The largest absolute Gasteiger partial charge is 0.481 e. The van der Waals surface area contributed by atoms with Crippen molar-refractivity contribution in [3.8, 4) is 6.07 Å². The molecule has 14 heavy (non-hydrogen) atoms. The molecule has 1 saturated heterocycles. The van der Waals surface area contributed by atoms with Crippen LogP contribution in [0.1, 0.15) is 6.42 Å². The topological polar surface area (TPSA) is 98.5 Å². The van der Waals surface area contributed by atoms with E-state index in [2.05, 4.69) is 0 Å².